The number of pyridine rings is 1. The van der Waals surface area contributed by atoms with E-state index in [1.54, 1.807) is 0 Å². The highest BCUT2D eigenvalue weighted by Crippen LogP contribution is 2.43. The van der Waals surface area contributed by atoms with Crippen LogP contribution in [0.15, 0.2) is 14.8 Å². The highest BCUT2D eigenvalue weighted by molar-refractivity contribution is 7.93. The SMILES string of the molecule is CC(C)(O)c1ncc(S(N)(=O)=NC(=O)Nc2c3c(nc4c2CCC4C(F)F)CCC3)s1. The Hall–Kier alpha value is -2.02. The van der Waals surface area contributed by atoms with Crippen LogP contribution in [-0.4, -0.2) is 31.7 Å². The Balaban J connectivity index is 1.67. The van der Waals surface area contributed by atoms with Crippen molar-refractivity contribution in [2.75, 3.05) is 5.32 Å². The number of thiazole rings is 1. The first-order valence-electron chi connectivity index (χ1n) is 9.84. The molecule has 4 N–H and O–H groups in total. The summed E-state index contributed by atoms with van der Waals surface area (Å²) in [5, 5.41) is 18.8. The van der Waals surface area contributed by atoms with Gasteiger partial charge < -0.3 is 10.4 Å². The van der Waals surface area contributed by atoms with Gasteiger partial charge in [0.2, 0.25) is 6.43 Å². The van der Waals surface area contributed by atoms with Crippen molar-refractivity contribution in [3.05, 3.63) is 33.7 Å². The molecule has 12 heteroatoms. The third-order valence-electron chi connectivity index (χ3n) is 5.46. The zero-order valence-corrected chi connectivity index (χ0v) is 18.7. The van der Waals surface area contributed by atoms with Crippen molar-refractivity contribution in [1.29, 1.82) is 0 Å². The summed E-state index contributed by atoms with van der Waals surface area (Å²) in [5.41, 5.74) is 1.67. The first-order chi connectivity index (χ1) is 14.5. The second-order valence-corrected chi connectivity index (χ2v) is 11.3. The maximum atomic E-state index is 13.4. The standard InChI is InChI=1S/C19H23F2N5O3S2/c1-19(2,28)17-23-8-13(30-17)31(22,29)26-18(27)25-14-9-4-3-5-12(9)24-15-10(14)6-7-11(15)16(20)21/h8,11,16,28H,3-7H2,1-2H3,(H3,22,24,25,26,27,29). The number of hydrogen-bond donors (Lipinski definition) is 3. The topological polar surface area (TPSA) is 131 Å². The van der Waals surface area contributed by atoms with E-state index < -0.39 is 33.9 Å². The highest BCUT2D eigenvalue weighted by atomic mass is 32.2. The molecule has 0 spiro atoms. The van der Waals surface area contributed by atoms with Crippen molar-refractivity contribution < 1.29 is 22.9 Å². The monoisotopic (exact) mass is 471 g/mol. The summed E-state index contributed by atoms with van der Waals surface area (Å²) in [5.74, 6) is -0.954. The van der Waals surface area contributed by atoms with E-state index in [2.05, 4.69) is 19.6 Å². The first-order valence-corrected chi connectivity index (χ1v) is 12.2. The van der Waals surface area contributed by atoms with Crippen molar-refractivity contribution in [2.24, 2.45) is 9.50 Å². The average molecular weight is 472 g/mol. The normalized spacial score (nSPS) is 19.8. The summed E-state index contributed by atoms with van der Waals surface area (Å²) in [4.78, 5) is 21.1. The van der Waals surface area contributed by atoms with Crippen LogP contribution in [0.5, 0.6) is 0 Å². The molecule has 0 radical (unpaired) electrons. The van der Waals surface area contributed by atoms with E-state index in [4.69, 9.17) is 5.14 Å². The van der Waals surface area contributed by atoms with Crippen molar-refractivity contribution in [2.45, 2.75) is 68.1 Å². The largest absolute Gasteiger partial charge is 0.383 e. The maximum absolute atomic E-state index is 13.4. The molecule has 4 rings (SSSR count). The van der Waals surface area contributed by atoms with E-state index in [1.807, 2.05) is 0 Å². The van der Waals surface area contributed by atoms with Crippen LogP contribution in [0.3, 0.4) is 0 Å². The van der Waals surface area contributed by atoms with Crippen LogP contribution in [0.25, 0.3) is 0 Å². The number of nitrogens with zero attached hydrogens (tertiary/aromatic N) is 3. The van der Waals surface area contributed by atoms with Crippen LogP contribution >= 0.6 is 11.3 Å². The molecule has 2 heterocycles. The molecule has 0 bridgehead atoms. The third kappa shape index (κ3) is 4.21. The Labute approximate surface area is 182 Å². The summed E-state index contributed by atoms with van der Waals surface area (Å²) in [6, 6.07) is -0.922. The van der Waals surface area contributed by atoms with Gasteiger partial charge in [-0.1, -0.05) is 0 Å². The fraction of sp³-hybridized carbons (Fsp3) is 0.526. The number of nitrogens with one attached hydrogen (secondary N) is 1. The zero-order valence-electron chi connectivity index (χ0n) is 17.0. The van der Waals surface area contributed by atoms with E-state index in [-0.39, 0.29) is 10.6 Å². The molecule has 2 aliphatic carbocycles. The third-order valence-corrected chi connectivity index (χ3v) is 8.65. The average Bonchev–Trinajstić information content (AvgIpc) is 3.39. The number of urea groups is 1. The molecule has 31 heavy (non-hydrogen) atoms. The number of carbonyl (C=O) groups is 1. The molecule has 0 saturated carbocycles. The van der Waals surface area contributed by atoms with E-state index in [0.717, 1.165) is 23.3 Å². The van der Waals surface area contributed by atoms with Crippen LogP contribution in [0.1, 0.15) is 60.1 Å². The van der Waals surface area contributed by atoms with Crippen molar-refractivity contribution in [3.8, 4) is 0 Å². The van der Waals surface area contributed by atoms with E-state index in [9.17, 15) is 22.9 Å². The van der Waals surface area contributed by atoms with E-state index in [1.165, 1.54) is 20.0 Å². The lowest BCUT2D eigenvalue weighted by molar-refractivity contribution is 0.0782. The summed E-state index contributed by atoms with van der Waals surface area (Å²) in [6.45, 7) is 3.05. The predicted molar refractivity (Wildman–Crippen MR) is 113 cm³/mol. The number of halogens is 2. The summed E-state index contributed by atoms with van der Waals surface area (Å²) >= 11 is 0.910. The van der Waals surface area contributed by atoms with Crippen LogP contribution in [-0.2, 0) is 34.8 Å². The van der Waals surface area contributed by atoms with E-state index in [0.29, 0.717) is 46.9 Å². The minimum atomic E-state index is -3.60. The smallest absolute Gasteiger partial charge is 0.354 e. The molecule has 2 unspecified atom stereocenters. The summed E-state index contributed by atoms with van der Waals surface area (Å²) < 4.78 is 43.4. The second kappa shape index (κ2) is 7.84. The van der Waals surface area contributed by atoms with Gasteiger partial charge in [-0.2, -0.15) is 0 Å². The van der Waals surface area contributed by atoms with Gasteiger partial charge in [0.05, 0.1) is 23.5 Å². The molecule has 0 saturated heterocycles. The number of anilines is 1. The number of alkyl halides is 2. The molecule has 0 aliphatic heterocycles. The van der Waals surface area contributed by atoms with Gasteiger partial charge in [0.25, 0.3) is 0 Å². The summed E-state index contributed by atoms with van der Waals surface area (Å²) in [6.07, 6.45) is 1.49. The van der Waals surface area contributed by atoms with Crippen LogP contribution in [0.4, 0.5) is 19.3 Å². The molecule has 0 aromatic carbocycles. The van der Waals surface area contributed by atoms with Gasteiger partial charge >= 0.3 is 6.03 Å². The molecule has 2 aromatic rings. The fourth-order valence-electron chi connectivity index (χ4n) is 4.01. The molecule has 0 fully saturated rings. The lowest BCUT2D eigenvalue weighted by Crippen LogP contribution is -2.19. The number of aliphatic hydroxyl groups is 1. The molecule has 8 nitrogen and oxygen atoms in total. The minimum Gasteiger partial charge on any atom is -0.383 e. The Bertz CT molecular complexity index is 1170. The van der Waals surface area contributed by atoms with Crippen LogP contribution in [0.2, 0.25) is 0 Å². The lowest BCUT2D eigenvalue weighted by Gasteiger charge is -2.16. The van der Waals surface area contributed by atoms with Gasteiger partial charge in [0, 0.05) is 5.69 Å². The van der Waals surface area contributed by atoms with Gasteiger partial charge in [0.15, 0.2) is 9.92 Å². The maximum Gasteiger partial charge on any atom is 0.354 e. The Morgan fingerprint density at radius 1 is 1.39 bits per heavy atom. The van der Waals surface area contributed by atoms with Gasteiger partial charge in [-0.3, -0.25) is 4.98 Å². The number of fused-ring (bicyclic) bond motifs is 2. The quantitative estimate of drug-likeness (QED) is 0.628. The number of amides is 2. The number of nitrogens with two attached hydrogens (primary N) is 1. The molecular formula is C19H23F2N5O3S2. The number of aryl methyl sites for hydroxylation is 1. The van der Waals surface area contributed by atoms with Gasteiger partial charge in [-0.15, -0.1) is 15.7 Å². The number of aromatic nitrogens is 2. The molecule has 2 amide bonds. The molecule has 2 aromatic heterocycles. The van der Waals surface area contributed by atoms with Gasteiger partial charge in [-0.25, -0.2) is 27.9 Å². The number of carbonyl (C=O) groups excluding carboxylic acids is 1. The molecular weight excluding hydrogens is 448 g/mol. The second-order valence-electron chi connectivity index (χ2n) is 8.24. The van der Waals surface area contributed by atoms with Crippen LogP contribution < -0.4 is 10.5 Å². The number of hydrogen-bond acceptors (Lipinski definition) is 6. The predicted octanol–water partition coefficient (Wildman–Crippen LogP) is 3.48. The molecule has 168 valence electrons. The number of rotatable bonds is 4. The highest BCUT2D eigenvalue weighted by Gasteiger charge is 2.36. The Morgan fingerprint density at radius 2 is 2.13 bits per heavy atom. The van der Waals surface area contributed by atoms with Gasteiger partial charge in [0.1, 0.15) is 14.8 Å². The van der Waals surface area contributed by atoms with Gasteiger partial charge in [-0.05, 0) is 57.1 Å². The first kappa shape index (κ1) is 22.2. The fourth-order valence-corrected chi connectivity index (χ4v) is 6.07. The van der Waals surface area contributed by atoms with Crippen molar-refractivity contribution in [1.82, 2.24) is 9.97 Å². The van der Waals surface area contributed by atoms with E-state index >= 15 is 0 Å². The molecule has 2 atom stereocenters. The zero-order chi connectivity index (χ0) is 22.6. The van der Waals surface area contributed by atoms with Crippen molar-refractivity contribution >= 4 is 33.0 Å². The lowest BCUT2D eigenvalue weighted by atomic mass is 10.0. The van der Waals surface area contributed by atoms with Crippen molar-refractivity contribution in [3.63, 3.8) is 0 Å². The Morgan fingerprint density at radius 3 is 2.77 bits per heavy atom. The molecule has 2 aliphatic rings. The summed E-state index contributed by atoms with van der Waals surface area (Å²) in [7, 11) is -3.60. The Kier molecular flexibility index (Phi) is 5.61. The minimum absolute atomic E-state index is 0.0581. The van der Waals surface area contributed by atoms with Crippen LogP contribution in [0, 0.1) is 0 Å².